The summed E-state index contributed by atoms with van der Waals surface area (Å²) in [5, 5.41) is 0. The Morgan fingerprint density at radius 2 is 0.542 bits per heavy atom. The van der Waals surface area contributed by atoms with Gasteiger partial charge in [-0.15, -0.1) is 0 Å². The molecule has 0 amide bonds. The molecule has 0 saturated carbocycles. The van der Waals surface area contributed by atoms with Gasteiger partial charge in [-0.3, -0.25) is 14.4 Å². The smallest absolute Gasteiger partial charge is 0.306 e. The molecule has 0 radical (unpaired) electrons. The lowest BCUT2D eigenvalue weighted by atomic mass is 10.1. The van der Waals surface area contributed by atoms with Crippen molar-refractivity contribution in [3.63, 3.8) is 0 Å². The Labute approximate surface area is 443 Å². The highest BCUT2D eigenvalue weighted by Crippen LogP contribution is 2.14. The van der Waals surface area contributed by atoms with Crippen molar-refractivity contribution in [1.29, 1.82) is 0 Å². The Hall–Kier alpha value is -4.19. The molecule has 408 valence electrons. The van der Waals surface area contributed by atoms with Crippen molar-refractivity contribution in [2.24, 2.45) is 0 Å². The van der Waals surface area contributed by atoms with Gasteiger partial charge in [-0.1, -0.05) is 232 Å². The number of ether oxygens (including phenoxy) is 3. The molecule has 0 aromatic heterocycles. The predicted octanol–water partition coefficient (Wildman–Crippen LogP) is 20.0. The summed E-state index contributed by atoms with van der Waals surface area (Å²) >= 11 is 0. The second kappa shape index (κ2) is 59.4. The molecule has 0 aliphatic rings. The molecule has 0 bridgehead atoms. The zero-order valence-corrected chi connectivity index (χ0v) is 46.7. The van der Waals surface area contributed by atoms with Crippen LogP contribution < -0.4 is 0 Å². The van der Waals surface area contributed by atoms with Crippen molar-refractivity contribution in [3.8, 4) is 0 Å². The molecule has 72 heavy (non-hydrogen) atoms. The highest BCUT2D eigenvalue weighted by Gasteiger charge is 2.19. The number of unbranched alkanes of at least 4 members (excludes halogenated alkanes) is 21. The molecule has 0 aliphatic heterocycles. The molecule has 0 saturated heterocycles. The molecule has 6 nitrogen and oxygen atoms in total. The fourth-order valence-corrected chi connectivity index (χ4v) is 7.81. The van der Waals surface area contributed by atoms with E-state index in [1.54, 1.807) is 0 Å². The van der Waals surface area contributed by atoms with Gasteiger partial charge in [-0.25, -0.2) is 0 Å². The minimum absolute atomic E-state index is 0.106. The summed E-state index contributed by atoms with van der Waals surface area (Å²) in [6, 6.07) is 0. The van der Waals surface area contributed by atoms with Gasteiger partial charge in [0.1, 0.15) is 13.2 Å². The molecule has 0 aromatic carbocycles. The van der Waals surface area contributed by atoms with E-state index >= 15 is 0 Å². The Morgan fingerprint density at radius 1 is 0.292 bits per heavy atom. The monoisotopic (exact) mass is 997 g/mol. The normalized spacial score (nSPS) is 13.0. The van der Waals surface area contributed by atoms with Gasteiger partial charge in [0, 0.05) is 19.3 Å². The van der Waals surface area contributed by atoms with Crippen LogP contribution in [0.15, 0.2) is 122 Å². The van der Waals surface area contributed by atoms with Crippen LogP contribution in [0.25, 0.3) is 0 Å². The van der Waals surface area contributed by atoms with Gasteiger partial charge in [0.2, 0.25) is 0 Å². The summed E-state index contributed by atoms with van der Waals surface area (Å²) in [4.78, 5) is 38.2. The molecular formula is C66H108O6. The first-order chi connectivity index (χ1) is 35.5. The molecule has 1 unspecified atom stereocenters. The topological polar surface area (TPSA) is 78.9 Å². The summed E-state index contributed by atoms with van der Waals surface area (Å²) in [6.07, 6.45) is 81.9. The van der Waals surface area contributed by atoms with Crippen molar-refractivity contribution in [3.05, 3.63) is 122 Å². The largest absolute Gasteiger partial charge is 0.462 e. The van der Waals surface area contributed by atoms with Crippen LogP contribution in [0.5, 0.6) is 0 Å². The van der Waals surface area contributed by atoms with E-state index in [1.807, 2.05) is 0 Å². The van der Waals surface area contributed by atoms with Gasteiger partial charge in [-0.2, -0.15) is 0 Å². The van der Waals surface area contributed by atoms with Crippen LogP contribution in [0.3, 0.4) is 0 Å². The number of esters is 3. The van der Waals surface area contributed by atoms with Gasteiger partial charge in [0.25, 0.3) is 0 Å². The Bertz CT molecular complexity index is 1520. The molecule has 0 rings (SSSR count). The molecule has 0 spiro atoms. The molecular weight excluding hydrogens is 889 g/mol. The first-order valence-corrected chi connectivity index (χ1v) is 29.5. The number of carbonyl (C=O) groups excluding carboxylic acids is 3. The number of carbonyl (C=O) groups is 3. The van der Waals surface area contributed by atoms with E-state index in [0.717, 1.165) is 135 Å². The minimum Gasteiger partial charge on any atom is -0.462 e. The number of allylic oxidation sites excluding steroid dienone is 20. The van der Waals surface area contributed by atoms with E-state index in [2.05, 4.69) is 142 Å². The van der Waals surface area contributed by atoms with Crippen molar-refractivity contribution in [2.75, 3.05) is 13.2 Å². The summed E-state index contributed by atoms with van der Waals surface area (Å²) in [6.45, 7) is 6.36. The van der Waals surface area contributed by atoms with E-state index in [9.17, 15) is 14.4 Å². The molecule has 0 fully saturated rings. The van der Waals surface area contributed by atoms with Gasteiger partial charge in [-0.05, 0) is 128 Å². The molecule has 1 atom stereocenters. The zero-order valence-electron chi connectivity index (χ0n) is 46.7. The summed E-state index contributed by atoms with van der Waals surface area (Å²) in [5.74, 6) is -0.964. The maximum atomic E-state index is 12.9. The molecule has 0 N–H and O–H groups in total. The number of hydrogen-bond acceptors (Lipinski definition) is 6. The minimum atomic E-state index is -0.809. The summed E-state index contributed by atoms with van der Waals surface area (Å²) in [7, 11) is 0. The van der Waals surface area contributed by atoms with Crippen molar-refractivity contribution < 1.29 is 28.6 Å². The van der Waals surface area contributed by atoms with Crippen LogP contribution >= 0.6 is 0 Å². The van der Waals surface area contributed by atoms with Crippen LogP contribution in [-0.4, -0.2) is 37.2 Å². The molecule has 0 heterocycles. The summed E-state index contributed by atoms with van der Waals surface area (Å²) < 4.78 is 16.8. The second-order valence-electron chi connectivity index (χ2n) is 19.1. The van der Waals surface area contributed by atoms with Crippen LogP contribution in [0.1, 0.15) is 258 Å². The van der Waals surface area contributed by atoms with E-state index in [4.69, 9.17) is 14.2 Å². The quantitative estimate of drug-likeness (QED) is 0.0261. The van der Waals surface area contributed by atoms with Gasteiger partial charge in [0.05, 0.1) is 0 Å². The zero-order chi connectivity index (χ0) is 52.2. The predicted molar refractivity (Wildman–Crippen MR) is 311 cm³/mol. The average molecular weight is 998 g/mol. The lowest BCUT2D eigenvalue weighted by Gasteiger charge is -2.18. The van der Waals surface area contributed by atoms with Crippen LogP contribution in [0.2, 0.25) is 0 Å². The molecule has 0 aliphatic carbocycles. The van der Waals surface area contributed by atoms with E-state index in [1.165, 1.54) is 83.5 Å². The highest BCUT2D eigenvalue weighted by atomic mass is 16.6. The molecule has 6 heteroatoms. The van der Waals surface area contributed by atoms with Crippen molar-refractivity contribution in [2.45, 2.75) is 264 Å². The SMILES string of the molecule is CC/C=C\C/C=C\C/C=C\C/C=C\C/C=C\CCCCCC(=O)OCC(COC(=O)CCCCCC/C=C\C/C=C\C/C=C\C/C=C\CC)OC(=O)CCCCCCCCC/C=C\CCCCCCCCC. The Morgan fingerprint density at radius 3 is 0.875 bits per heavy atom. The fourth-order valence-electron chi connectivity index (χ4n) is 7.81. The van der Waals surface area contributed by atoms with Gasteiger partial charge >= 0.3 is 17.9 Å². The lowest BCUT2D eigenvalue weighted by molar-refractivity contribution is -0.167. The Balaban J connectivity index is 4.51. The van der Waals surface area contributed by atoms with E-state index in [0.29, 0.717) is 19.3 Å². The van der Waals surface area contributed by atoms with Gasteiger partial charge < -0.3 is 14.2 Å². The second-order valence-corrected chi connectivity index (χ2v) is 19.1. The first kappa shape index (κ1) is 67.8. The maximum absolute atomic E-state index is 12.9. The average Bonchev–Trinajstić information content (AvgIpc) is 3.38. The van der Waals surface area contributed by atoms with Crippen LogP contribution in [0.4, 0.5) is 0 Å². The summed E-state index contributed by atoms with van der Waals surface area (Å²) in [5.41, 5.74) is 0. The van der Waals surface area contributed by atoms with E-state index < -0.39 is 6.10 Å². The Kier molecular flexibility index (Phi) is 55.9. The third-order valence-corrected chi connectivity index (χ3v) is 12.2. The van der Waals surface area contributed by atoms with Crippen LogP contribution in [-0.2, 0) is 28.6 Å². The van der Waals surface area contributed by atoms with Crippen molar-refractivity contribution in [1.82, 2.24) is 0 Å². The standard InChI is InChI=1S/C66H108O6/c1-4-7-10-13-16-19-22-25-28-31-33-36-38-41-44-47-50-53-56-59-65(68)71-62-63(61-70-64(67)58-55-52-49-46-43-40-37-34-30-27-24-21-18-15-12-9-6-3)72-66(69)60-57-54-51-48-45-42-39-35-32-29-26-23-20-17-14-11-8-5-2/h7,9-10,12,16,18-19,21,25,27-30,32-33,36-37,40-41,44,63H,4-6,8,11,13-15,17,20,22-24,26,31,34-35,38-39,42-43,45-62H2,1-3H3/b10-7-,12-9-,19-16-,21-18-,28-25-,30-27-,32-29-,36-33-,40-37-,44-41-. The first-order valence-electron chi connectivity index (χ1n) is 29.5. The van der Waals surface area contributed by atoms with Gasteiger partial charge in [0.15, 0.2) is 6.10 Å². The number of rotatable bonds is 52. The number of hydrogen-bond donors (Lipinski definition) is 0. The third-order valence-electron chi connectivity index (χ3n) is 12.2. The fraction of sp³-hybridized carbons (Fsp3) is 0.652. The highest BCUT2D eigenvalue weighted by molar-refractivity contribution is 5.71. The lowest BCUT2D eigenvalue weighted by Crippen LogP contribution is -2.30. The van der Waals surface area contributed by atoms with E-state index in [-0.39, 0.29) is 31.1 Å². The van der Waals surface area contributed by atoms with Crippen molar-refractivity contribution >= 4 is 17.9 Å². The maximum Gasteiger partial charge on any atom is 0.306 e. The third kappa shape index (κ3) is 56.7. The molecule has 0 aromatic rings. The van der Waals surface area contributed by atoms with Crippen LogP contribution in [0, 0.1) is 0 Å².